The fraction of sp³-hybridized carbons (Fsp3) is 0.478. The SMILES string of the molecule is Cc1cc(-c2cnc(N3CCN(C)CC3)nc2C2CCN(C(=O)c3ccco3)CC2)on1. The average molecular weight is 437 g/mol. The lowest BCUT2D eigenvalue weighted by molar-refractivity contribution is 0.0680. The van der Waals surface area contributed by atoms with Crippen LogP contribution in [0.4, 0.5) is 5.95 Å². The van der Waals surface area contributed by atoms with Gasteiger partial charge in [0.2, 0.25) is 5.95 Å². The van der Waals surface area contributed by atoms with Crippen molar-refractivity contribution in [2.24, 2.45) is 0 Å². The molecule has 2 saturated heterocycles. The van der Waals surface area contributed by atoms with Crippen molar-refractivity contribution in [2.75, 3.05) is 51.2 Å². The molecule has 5 heterocycles. The number of anilines is 1. The molecule has 3 aromatic heterocycles. The highest BCUT2D eigenvalue weighted by Crippen LogP contribution is 2.35. The number of hydrogen-bond donors (Lipinski definition) is 0. The lowest BCUT2D eigenvalue weighted by Gasteiger charge is -2.34. The van der Waals surface area contributed by atoms with Crippen molar-refractivity contribution in [3.63, 3.8) is 0 Å². The maximum absolute atomic E-state index is 12.7. The molecule has 0 radical (unpaired) electrons. The number of carbonyl (C=O) groups is 1. The molecular formula is C23H28N6O3. The van der Waals surface area contributed by atoms with Crippen LogP contribution >= 0.6 is 0 Å². The van der Waals surface area contributed by atoms with Gasteiger partial charge in [-0.1, -0.05) is 5.16 Å². The molecule has 2 aliphatic rings. The van der Waals surface area contributed by atoms with E-state index in [4.69, 9.17) is 13.9 Å². The average Bonchev–Trinajstić information content (AvgIpc) is 3.51. The standard InChI is InChI=1S/C23H28N6O3/c1-16-14-20(32-26-16)18-15-24-23(29-11-9-27(2)10-12-29)25-21(18)17-5-7-28(8-6-17)22(30)19-4-3-13-31-19/h3-4,13-15,17H,5-12H2,1-2H3. The fourth-order valence-corrected chi connectivity index (χ4v) is 4.45. The largest absolute Gasteiger partial charge is 0.459 e. The predicted octanol–water partition coefficient (Wildman–Crippen LogP) is 2.80. The summed E-state index contributed by atoms with van der Waals surface area (Å²) >= 11 is 0. The van der Waals surface area contributed by atoms with Gasteiger partial charge in [-0.15, -0.1) is 0 Å². The van der Waals surface area contributed by atoms with Crippen LogP contribution in [0.2, 0.25) is 0 Å². The van der Waals surface area contributed by atoms with E-state index in [9.17, 15) is 4.79 Å². The van der Waals surface area contributed by atoms with E-state index in [0.717, 1.165) is 61.9 Å². The van der Waals surface area contributed by atoms with E-state index in [1.54, 1.807) is 12.1 Å². The molecule has 9 nitrogen and oxygen atoms in total. The molecule has 0 unspecified atom stereocenters. The molecule has 0 aromatic carbocycles. The van der Waals surface area contributed by atoms with E-state index in [2.05, 4.69) is 27.0 Å². The first kappa shape index (κ1) is 20.7. The molecule has 3 aromatic rings. The van der Waals surface area contributed by atoms with Crippen molar-refractivity contribution in [1.82, 2.24) is 24.9 Å². The number of amides is 1. The molecule has 168 valence electrons. The molecule has 2 fully saturated rings. The summed E-state index contributed by atoms with van der Waals surface area (Å²) in [4.78, 5) is 28.8. The van der Waals surface area contributed by atoms with Gasteiger partial charge in [-0.3, -0.25) is 4.79 Å². The van der Waals surface area contributed by atoms with Gasteiger partial charge in [-0.2, -0.15) is 0 Å². The van der Waals surface area contributed by atoms with Gasteiger partial charge in [-0.05, 0) is 38.9 Å². The van der Waals surface area contributed by atoms with Crippen LogP contribution in [-0.4, -0.2) is 77.1 Å². The Morgan fingerprint density at radius 3 is 2.56 bits per heavy atom. The Bertz CT molecular complexity index is 1060. The lowest BCUT2D eigenvalue weighted by atomic mass is 9.90. The van der Waals surface area contributed by atoms with Crippen molar-refractivity contribution in [3.8, 4) is 11.3 Å². The maximum atomic E-state index is 12.7. The monoisotopic (exact) mass is 436 g/mol. The van der Waals surface area contributed by atoms with Crippen molar-refractivity contribution >= 4 is 11.9 Å². The highest BCUT2D eigenvalue weighted by molar-refractivity contribution is 5.91. The molecule has 0 bridgehead atoms. The van der Waals surface area contributed by atoms with Gasteiger partial charge in [0.25, 0.3) is 5.91 Å². The number of hydrogen-bond acceptors (Lipinski definition) is 8. The number of carbonyl (C=O) groups excluding carboxylic acids is 1. The number of furan rings is 1. The second-order valence-electron chi connectivity index (χ2n) is 8.64. The zero-order valence-corrected chi connectivity index (χ0v) is 18.5. The summed E-state index contributed by atoms with van der Waals surface area (Å²) in [6.45, 7) is 7.04. The Morgan fingerprint density at radius 2 is 1.91 bits per heavy atom. The van der Waals surface area contributed by atoms with Gasteiger partial charge in [0.05, 0.1) is 23.2 Å². The molecule has 1 amide bonds. The molecular weight excluding hydrogens is 408 g/mol. The van der Waals surface area contributed by atoms with Crippen LogP contribution in [0.15, 0.2) is 39.6 Å². The highest BCUT2D eigenvalue weighted by atomic mass is 16.5. The summed E-state index contributed by atoms with van der Waals surface area (Å²) in [6.07, 6.45) is 5.06. The minimum atomic E-state index is -0.0552. The third-order valence-electron chi connectivity index (χ3n) is 6.39. The zero-order chi connectivity index (χ0) is 22.1. The Kier molecular flexibility index (Phi) is 5.65. The van der Waals surface area contributed by atoms with Crippen LogP contribution < -0.4 is 4.90 Å². The summed E-state index contributed by atoms with van der Waals surface area (Å²) in [7, 11) is 2.14. The Hall–Kier alpha value is -3.20. The number of aromatic nitrogens is 3. The van der Waals surface area contributed by atoms with E-state index in [-0.39, 0.29) is 11.8 Å². The van der Waals surface area contributed by atoms with Gasteiger partial charge in [0, 0.05) is 57.4 Å². The smallest absolute Gasteiger partial charge is 0.289 e. The summed E-state index contributed by atoms with van der Waals surface area (Å²) in [5.41, 5.74) is 2.70. The second-order valence-corrected chi connectivity index (χ2v) is 8.64. The van der Waals surface area contributed by atoms with Crippen LogP contribution in [0.3, 0.4) is 0 Å². The van der Waals surface area contributed by atoms with Crippen LogP contribution in [-0.2, 0) is 0 Å². The number of likely N-dealkylation sites (N-methyl/N-ethyl adjacent to an activating group) is 1. The minimum Gasteiger partial charge on any atom is -0.459 e. The van der Waals surface area contributed by atoms with Gasteiger partial charge in [0.1, 0.15) is 0 Å². The molecule has 5 rings (SSSR count). The summed E-state index contributed by atoms with van der Waals surface area (Å²) in [6, 6.07) is 5.38. The molecule has 0 saturated carbocycles. The van der Waals surface area contributed by atoms with E-state index in [1.807, 2.05) is 24.1 Å². The lowest BCUT2D eigenvalue weighted by Crippen LogP contribution is -2.45. The van der Waals surface area contributed by atoms with Crippen LogP contribution in [0.25, 0.3) is 11.3 Å². The maximum Gasteiger partial charge on any atom is 0.289 e. The quantitative estimate of drug-likeness (QED) is 0.617. The third kappa shape index (κ3) is 4.12. The molecule has 0 atom stereocenters. The van der Waals surface area contributed by atoms with E-state index >= 15 is 0 Å². The van der Waals surface area contributed by atoms with E-state index in [1.165, 1.54) is 6.26 Å². The Morgan fingerprint density at radius 1 is 1.12 bits per heavy atom. The molecule has 9 heteroatoms. The van der Waals surface area contributed by atoms with Crippen LogP contribution in [0.5, 0.6) is 0 Å². The van der Waals surface area contributed by atoms with Crippen molar-refractivity contribution in [3.05, 3.63) is 47.8 Å². The Balaban J connectivity index is 1.39. The zero-order valence-electron chi connectivity index (χ0n) is 18.5. The fourth-order valence-electron chi connectivity index (χ4n) is 4.45. The van der Waals surface area contributed by atoms with Crippen molar-refractivity contribution in [1.29, 1.82) is 0 Å². The number of nitrogens with zero attached hydrogens (tertiary/aromatic N) is 6. The number of aryl methyl sites for hydroxylation is 1. The normalized spacial score (nSPS) is 18.3. The third-order valence-corrected chi connectivity index (χ3v) is 6.39. The first-order valence-electron chi connectivity index (χ1n) is 11.2. The summed E-state index contributed by atoms with van der Waals surface area (Å²) in [5, 5.41) is 4.05. The molecule has 0 spiro atoms. The van der Waals surface area contributed by atoms with Gasteiger partial charge >= 0.3 is 0 Å². The van der Waals surface area contributed by atoms with Crippen molar-refractivity contribution < 1.29 is 13.7 Å². The van der Waals surface area contributed by atoms with Crippen molar-refractivity contribution in [2.45, 2.75) is 25.7 Å². The number of piperidine rings is 1. The Labute approximate surface area is 187 Å². The van der Waals surface area contributed by atoms with E-state index < -0.39 is 0 Å². The predicted molar refractivity (Wildman–Crippen MR) is 119 cm³/mol. The highest BCUT2D eigenvalue weighted by Gasteiger charge is 2.30. The second kappa shape index (κ2) is 8.74. The molecule has 32 heavy (non-hydrogen) atoms. The summed E-state index contributed by atoms with van der Waals surface area (Å²) in [5.74, 6) is 2.00. The number of likely N-dealkylation sites (tertiary alicyclic amines) is 1. The molecule has 0 aliphatic carbocycles. The first-order chi connectivity index (χ1) is 15.6. The molecule has 2 aliphatic heterocycles. The number of rotatable bonds is 4. The topological polar surface area (TPSA) is 91.7 Å². The first-order valence-corrected chi connectivity index (χ1v) is 11.2. The van der Waals surface area contributed by atoms with E-state index in [0.29, 0.717) is 24.6 Å². The summed E-state index contributed by atoms with van der Waals surface area (Å²) < 4.78 is 10.9. The van der Waals surface area contributed by atoms with Crippen LogP contribution in [0, 0.1) is 6.92 Å². The van der Waals surface area contributed by atoms with Crippen LogP contribution in [0.1, 0.15) is 40.7 Å². The molecule has 0 N–H and O–H groups in total. The van der Waals surface area contributed by atoms with Gasteiger partial charge in [-0.25, -0.2) is 9.97 Å². The minimum absolute atomic E-state index is 0.0552. The van der Waals surface area contributed by atoms with Gasteiger partial charge < -0.3 is 23.6 Å². The van der Waals surface area contributed by atoms with Gasteiger partial charge in [0.15, 0.2) is 11.5 Å². The number of piperazine rings is 1.